The molecule has 114 valence electrons. The van der Waals surface area contributed by atoms with E-state index in [-0.39, 0.29) is 6.04 Å². The second-order valence-electron chi connectivity index (χ2n) is 5.06. The summed E-state index contributed by atoms with van der Waals surface area (Å²) in [6, 6.07) is 7.97. The van der Waals surface area contributed by atoms with Crippen molar-refractivity contribution in [2.75, 3.05) is 20.6 Å². The van der Waals surface area contributed by atoms with E-state index >= 15 is 0 Å². The lowest BCUT2D eigenvalue weighted by Crippen LogP contribution is -2.32. The highest BCUT2D eigenvalue weighted by Crippen LogP contribution is 2.29. The molecule has 1 unspecified atom stereocenters. The SMILES string of the molecule is CN(C)CCn1ncc(Br)c1C(NN)c1cccc(Br)c1. The number of benzene rings is 1. The minimum atomic E-state index is -0.124. The quantitative estimate of drug-likeness (QED) is 0.561. The van der Waals surface area contributed by atoms with Gasteiger partial charge in [0.2, 0.25) is 0 Å². The van der Waals surface area contributed by atoms with Gasteiger partial charge in [-0.05, 0) is 47.7 Å². The molecule has 1 aromatic heterocycles. The Labute approximate surface area is 141 Å². The van der Waals surface area contributed by atoms with Crippen LogP contribution in [0.15, 0.2) is 39.4 Å². The molecule has 0 saturated heterocycles. The van der Waals surface area contributed by atoms with E-state index in [0.717, 1.165) is 33.3 Å². The van der Waals surface area contributed by atoms with Crippen LogP contribution in [0.25, 0.3) is 0 Å². The summed E-state index contributed by atoms with van der Waals surface area (Å²) in [5.41, 5.74) is 5.00. The third kappa shape index (κ3) is 4.14. The van der Waals surface area contributed by atoms with Crippen LogP contribution >= 0.6 is 31.9 Å². The van der Waals surface area contributed by atoms with Gasteiger partial charge in [0.05, 0.1) is 29.0 Å². The molecule has 1 aromatic carbocycles. The second-order valence-corrected chi connectivity index (χ2v) is 6.83. The highest BCUT2D eigenvalue weighted by Gasteiger charge is 2.21. The van der Waals surface area contributed by atoms with Crippen molar-refractivity contribution in [1.29, 1.82) is 0 Å². The summed E-state index contributed by atoms with van der Waals surface area (Å²) in [6.45, 7) is 1.72. The molecule has 0 spiro atoms. The molecule has 0 fully saturated rings. The fourth-order valence-corrected chi connectivity index (χ4v) is 3.09. The van der Waals surface area contributed by atoms with E-state index in [0.29, 0.717) is 0 Å². The first-order valence-corrected chi connectivity index (χ1v) is 8.19. The number of likely N-dealkylation sites (N-methyl/N-ethyl adjacent to an activating group) is 1. The first kappa shape index (κ1) is 16.6. The molecule has 1 atom stereocenters. The van der Waals surface area contributed by atoms with Crippen molar-refractivity contribution in [2.24, 2.45) is 5.84 Å². The summed E-state index contributed by atoms with van der Waals surface area (Å²) in [7, 11) is 4.09. The Morgan fingerprint density at radius 3 is 2.76 bits per heavy atom. The number of rotatable bonds is 6. The maximum Gasteiger partial charge on any atom is 0.0890 e. The Morgan fingerprint density at radius 1 is 1.38 bits per heavy atom. The highest BCUT2D eigenvalue weighted by molar-refractivity contribution is 9.10. The number of nitrogens with zero attached hydrogens (tertiary/aromatic N) is 3. The van der Waals surface area contributed by atoms with Crippen molar-refractivity contribution in [3.63, 3.8) is 0 Å². The predicted molar refractivity (Wildman–Crippen MR) is 91.8 cm³/mol. The number of aromatic nitrogens is 2. The van der Waals surface area contributed by atoms with E-state index in [1.807, 2.05) is 43.2 Å². The zero-order valence-electron chi connectivity index (χ0n) is 12.1. The maximum absolute atomic E-state index is 5.80. The van der Waals surface area contributed by atoms with E-state index in [4.69, 9.17) is 5.84 Å². The average Bonchev–Trinajstić information content (AvgIpc) is 2.79. The van der Waals surface area contributed by atoms with Gasteiger partial charge in [-0.2, -0.15) is 5.10 Å². The van der Waals surface area contributed by atoms with Gasteiger partial charge in [-0.3, -0.25) is 10.5 Å². The molecule has 0 radical (unpaired) electrons. The molecule has 0 aliphatic heterocycles. The minimum absolute atomic E-state index is 0.124. The van der Waals surface area contributed by atoms with Crippen molar-refractivity contribution < 1.29 is 0 Å². The lowest BCUT2D eigenvalue weighted by Gasteiger charge is -2.20. The van der Waals surface area contributed by atoms with Gasteiger partial charge in [-0.15, -0.1) is 0 Å². The van der Waals surface area contributed by atoms with Gasteiger partial charge < -0.3 is 4.90 Å². The van der Waals surface area contributed by atoms with E-state index in [1.54, 1.807) is 0 Å². The van der Waals surface area contributed by atoms with Gasteiger partial charge in [-0.25, -0.2) is 5.43 Å². The molecular formula is C14H19Br2N5. The van der Waals surface area contributed by atoms with Crippen molar-refractivity contribution in [1.82, 2.24) is 20.1 Å². The van der Waals surface area contributed by atoms with Crippen LogP contribution in [-0.4, -0.2) is 35.3 Å². The standard InChI is InChI=1S/C14H19Br2N5/c1-20(2)6-7-21-14(12(16)9-18-21)13(19-17)10-4-3-5-11(15)8-10/h3-5,8-9,13,19H,6-7,17H2,1-2H3. The second kappa shape index (κ2) is 7.51. The van der Waals surface area contributed by atoms with Crippen LogP contribution in [0.4, 0.5) is 0 Å². The highest BCUT2D eigenvalue weighted by atomic mass is 79.9. The number of halogens is 2. The summed E-state index contributed by atoms with van der Waals surface area (Å²) < 4.78 is 3.95. The molecule has 0 bridgehead atoms. The van der Waals surface area contributed by atoms with Crippen LogP contribution in [0, 0.1) is 0 Å². The Kier molecular flexibility index (Phi) is 5.95. The van der Waals surface area contributed by atoms with E-state index < -0.39 is 0 Å². The topological polar surface area (TPSA) is 59.1 Å². The smallest absolute Gasteiger partial charge is 0.0890 e. The molecule has 1 heterocycles. The molecule has 2 rings (SSSR count). The third-order valence-electron chi connectivity index (χ3n) is 3.21. The average molecular weight is 417 g/mol. The summed E-state index contributed by atoms with van der Waals surface area (Å²) in [6.07, 6.45) is 1.81. The van der Waals surface area contributed by atoms with Gasteiger partial charge in [0.25, 0.3) is 0 Å². The lowest BCUT2D eigenvalue weighted by atomic mass is 10.0. The van der Waals surface area contributed by atoms with Gasteiger partial charge in [0.15, 0.2) is 0 Å². The summed E-state index contributed by atoms with van der Waals surface area (Å²) in [5.74, 6) is 5.80. The van der Waals surface area contributed by atoms with Crippen molar-refractivity contribution in [3.05, 3.63) is 50.7 Å². The largest absolute Gasteiger partial charge is 0.308 e. The number of hydrogen-bond donors (Lipinski definition) is 2. The van der Waals surface area contributed by atoms with Gasteiger partial charge >= 0.3 is 0 Å². The number of hydrogen-bond acceptors (Lipinski definition) is 4. The predicted octanol–water partition coefficient (Wildman–Crippen LogP) is 2.52. The first-order valence-electron chi connectivity index (χ1n) is 6.60. The number of hydrazine groups is 1. The summed E-state index contributed by atoms with van der Waals surface area (Å²) >= 11 is 7.08. The maximum atomic E-state index is 5.80. The molecule has 5 nitrogen and oxygen atoms in total. The molecule has 0 amide bonds. The molecule has 2 aromatic rings. The van der Waals surface area contributed by atoms with Crippen molar-refractivity contribution in [3.8, 4) is 0 Å². The Morgan fingerprint density at radius 2 is 2.14 bits per heavy atom. The van der Waals surface area contributed by atoms with E-state index in [9.17, 15) is 0 Å². The van der Waals surface area contributed by atoms with Crippen LogP contribution in [0.5, 0.6) is 0 Å². The van der Waals surface area contributed by atoms with Gasteiger partial charge in [-0.1, -0.05) is 28.1 Å². The number of nitrogens with two attached hydrogens (primary N) is 1. The summed E-state index contributed by atoms with van der Waals surface area (Å²) in [5, 5.41) is 4.44. The van der Waals surface area contributed by atoms with Gasteiger partial charge in [0.1, 0.15) is 0 Å². The molecule has 0 aliphatic carbocycles. The summed E-state index contributed by atoms with van der Waals surface area (Å²) in [4.78, 5) is 2.13. The Balaban J connectivity index is 2.35. The van der Waals surface area contributed by atoms with Crippen molar-refractivity contribution >= 4 is 31.9 Å². The van der Waals surface area contributed by atoms with Crippen LogP contribution in [0.3, 0.4) is 0 Å². The first-order chi connectivity index (χ1) is 10.0. The van der Waals surface area contributed by atoms with E-state index in [1.165, 1.54) is 0 Å². The van der Waals surface area contributed by atoms with Crippen molar-refractivity contribution in [2.45, 2.75) is 12.6 Å². The minimum Gasteiger partial charge on any atom is -0.308 e. The Hall–Kier alpha value is -0.730. The normalized spacial score (nSPS) is 12.9. The van der Waals surface area contributed by atoms with Crippen LogP contribution < -0.4 is 11.3 Å². The monoisotopic (exact) mass is 415 g/mol. The molecular weight excluding hydrogens is 398 g/mol. The lowest BCUT2D eigenvalue weighted by molar-refractivity contribution is 0.365. The third-order valence-corrected chi connectivity index (χ3v) is 4.32. The van der Waals surface area contributed by atoms with E-state index in [2.05, 4.69) is 53.4 Å². The van der Waals surface area contributed by atoms with Crippen LogP contribution in [0.1, 0.15) is 17.3 Å². The van der Waals surface area contributed by atoms with Crippen LogP contribution in [0.2, 0.25) is 0 Å². The molecule has 21 heavy (non-hydrogen) atoms. The van der Waals surface area contributed by atoms with Crippen LogP contribution in [-0.2, 0) is 6.54 Å². The van der Waals surface area contributed by atoms with Gasteiger partial charge in [0, 0.05) is 11.0 Å². The number of nitrogens with one attached hydrogen (secondary N) is 1. The zero-order chi connectivity index (χ0) is 15.4. The molecule has 7 heteroatoms. The Bertz CT molecular complexity index is 597. The molecule has 0 saturated carbocycles. The zero-order valence-corrected chi connectivity index (χ0v) is 15.2. The molecule has 3 N–H and O–H groups in total. The molecule has 0 aliphatic rings. The fraction of sp³-hybridized carbons (Fsp3) is 0.357. The fourth-order valence-electron chi connectivity index (χ4n) is 2.15.